The van der Waals surface area contributed by atoms with Crippen LogP contribution in [-0.2, 0) is 0 Å². The van der Waals surface area contributed by atoms with Crippen LogP contribution in [0.15, 0.2) is 16.7 Å². The van der Waals surface area contributed by atoms with Crippen molar-refractivity contribution in [1.29, 1.82) is 0 Å². The summed E-state index contributed by atoms with van der Waals surface area (Å²) >= 11 is 0. The molecule has 1 aromatic heterocycles. The molecule has 0 bridgehead atoms. The molecule has 1 heterocycles. The maximum absolute atomic E-state index is 4.97. The third kappa shape index (κ3) is 0.808. The number of benzene rings is 1. The SMILES string of the molecule is Cc1ccc(C)c2onnc12. The highest BCUT2D eigenvalue weighted by atomic mass is 16.5. The number of nitrogens with zero attached hydrogens (tertiary/aromatic N) is 2. The Labute approximate surface area is 64.0 Å². The van der Waals surface area contributed by atoms with Crippen LogP contribution in [0.4, 0.5) is 0 Å². The highest BCUT2D eigenvalue weighted by Crippen LogP contribution is 2.18. The van der Waals surface area contributed by atoms with Crippen LogP contribution >= 0.6 is 0 Å². The summed E-state index contributed by atoms with van der Waals surface area (Å²) in [6, 6.07) is 4.02. The topological polar surface area (TPSA) is 38.9 Å². The van der Waals surface area contributed by atoms with E-state index in [1.165, 1.54) is 0 Å². The van der Waals surface area contributed by atoms with E-state index in [-0.39, 0.29) is 0 Å². The molecule has 11 heavy (non-hydrogen) atoms. The van der Waals surface area contributed by atoms with Gasteiger partial charge in [0.25, 0.3) is 0 Å². The van der Waals surface area contributed by atoms with Crippen LogP contribution in [0.2, 0.25) is 0 Å². The van der Waals surface area contributed by atoms with Gasteiger partial charge in [0, 0.05) is 5.27 Å². The Bertz CT molecular complexity index is 356. The molecule has 0 spiro atoms. The smallest absolute Gasteiger partial charge is 0.190 e. The molecule has 0 N–H and O–H groups in total. The molecule has 0 saturated heterocycles. The molecule has 1 aromatic carbocycles. The summed E-state index contributed by atoms with van der Waals surface area (Å²) in [5, 5.41) is 7.36. The lowest BCUT2D eigenvalue weighted by atomic mass is 10.1. The molecule has 0 saturated carbocycles. The van der Waals surface area contributed by atoms with Gasteiger partial charge < -0.3 is 4.52 Å². The number of fused-ring (bicyclic) bond motifs is 1. The largest absolute Gasteiger partial charge is 0.337 e. The fourth-order valence-electron chi connectivity index (χ4n) is 1.11. The van der Waals surface area contributed by atoms with Crippen molar-refractivity contribution in [3.05, 3.63) is 23.3 Å². The molecule has 0 aliphatic carbocycles. The zero-order valence-electron chi connectivity index (χ0n) is 6.46. The van der Waals surface area contributed by atoms with Crippen molar-refractivity contribution in [2.75, 3.05) is 0 Å². The second kappa shape index (κ2) is 2.05. The molecule has 3 heteroatoms. The third-order valence-electron chi connectivity index (χ3n) is 1.80. The molecular weight excluding hydrogens is 140 g/mol. The molecule has 0 aliphatic rings. The molecule has 0 radical (unpaired) electrons. The van der Waals surface area contributed by atoms with Gasteiger partial charge in [-0.3, -0.25) is 0 Å². The van der Waals surface area contributed by atoms with Gasteiger partial charge in [0.2, 0.25) is 0 Å². The zero-order valence-corrected chi connectivity index (χ0v) is 6.46. The molecule has 0 atom stereocenters. The number of rotatable bonds is 0. The summed E-state index contributed by atoms with van der Waals surface area (Å²) in [4.78, 5) is 0. The summed E-state index contributed by atoms with van der Waals surface area (Å²) in [5.74, 6) is 0. The molecule has 0 amide bonds. The van der Waals surface area contributed by atoms with Crippen LogP contribution in [0.25, 0.3) is 11.1 Å². The normalized spacial score (nSPS) is 10.7. The second-order valence-corrected chi connectivity index (χ2v) is 2.65. The summed E-state index contributed by atoms with van der Waals surface area (Å²) in [6.07, 6.45) is 0. The lowest BCUT2D eigenvalue weighted by molar-refractivity contribution is 0.423. The molecule has 0 aliphatic heterocycles. The average molecular weight is 148 g/mol. The fraction of sp³-hybridized carbons (Fsp3) is 0.250. The molecule has 0 fully saturated rings. The van der Waals surface area contributed by atoms with Gasteiger partial charge in [0.05, 0.1) is 0 Å². The van der Waals surface area contributed by atoms with Crippen molar-refractivity contribution < 1.29 is 4.52 Å². The Morgan fingerprint density at radius 1 is 1.18 bits per heavy atom. The van der Waals surface area contributed by atoms with Gasteiger partial charge in [-0.15, -0.1) is 5.10 Å². The van der Waals surface area contributed by atoms with E-state index in [1.54, 1.807) is 0 Å². The van der Waals surface area contributed by atoms with Gasteiger partial charge in [-0.25, -0.2) is 0 Å². The van der Waals surface area contributed by atoms with Gasteiger partial charge in [-0.05, 0) is 25.0 Å². The quantitative estimate of drug-likeness (QED) is 0.572. The number of hydrogen-bond acceptors (Lipinski definition) is 3. The molecule has 2 aromatic rings. The first-order valence-electron chi connectivity index (χ1n) is 3.47. The van der Waals surface area contributed by atoms with Crippen LogP contribution in [0.1, 0.15) is 11.1 Å². The van der Waals surface area contributed by atoms with E-state index in [4.69, 9.17) is 4.52 Å². The number of aromatic nitrogens is 2. The van der Waals surface area contributed by atoms with Crippen molar-refractivity contribution in [3.63, 3.8) is 0 Å². The molecule has 3 nitrogen and oxygen atoms in total. The van der Waals surface area contributed by atoms with Gasteiger partial charge in [-0.2, -0.15) is 0 Å². The molecular formula is C8H8N2O. The standard InChI is InChI=1S/C8H8N2O/c1-5-3-4-6(2)8-7(5)9-10-11-8/h3-4H,1-2H3. The first kappa shape index (κ1) is 6.34. The van der Waals surface area contributed by atoms with Crippen LogP contribution in [-0.4, -0.2) is 10.4 Å². The van der Waals surface area contributed by atoms with Crippen LogP contribution in [0.3, 0.4) is 0 Å². The van der Waals surface area contributed by atoms with Crippen molar-refractivity contribution in [1.82, 2.24) is 10.4 Å². The van der Waals surface area contributed by atoms with Crippen LogP contribution < -0.4 is 0 Å². The average Bonchev–Trinajstić information content (AvgIpc) is 2.45. The summed E-state index contributed by atoms with van der Waals surface area (Å²) in [6.45, 7) is 3.97. The summed E-state index contributed by atoms with van der Waals surface area (Å²) < 4.78 is 4.97. The van der Waals surface area contributed by atoms with E-state index >= 15 is 0 Å². The second-order valence-electron chi connectivity index (χ2n) is 2.65. The first-order valence-corrected chi connectivity index (χ1v) is 3.47. The molecule has 56 valence electrons. The van der Waals surface area contributed by atoms with Crippen molar-refractivity contribution in [3.8, 4) is 0 Å². The van der Waals surface area contributed by atoms with E-state index in [1.807, 2.05) is 26.0 Å². The van der Waals surface area contributed by atoms with E-state index in [2.05, 4.69) is 10.4 Å². The molecule has 2 rings (SSSR count). The zero-order chi connectivity index (χ0) is 7.84. The lowest BCUT2D eigenvalue weighted by Gasteiger charge is -1.93. The van der Waals surface area contributed by atoms with Crippen molar-refractivity contribution >= 4 is 11.1 Å². The Kier molecular flexibility index (Phi) is 1.18. The predicted octanol–water partition coefficient (Wildman–Crippen LogP) is 1.84. The summed E-state index contributed by atoms with van der Waals surface area (Å²) in [7, 11) is 0. The molecule has 0 unspecified atom stereocenters. The number of hydrogen-bond donors (Lipinski definition) is 0. The maximum Gasteiger partial charge on any atom is 0.190 e. The lowest BCUT2D eigenvalue weighted by Crippen LogP contribution is -1.78. The summed E-state index contributed by atoms with van der Waals surface area (Å²) in [5.41, 5.74) is 3.84. The Hall–Kier alpha value is -1.38. The maximum atomic E-state index is 4.97. The van der Waals surface area contributed by atoms with Crippen LogP contribution in [0.5, 0.6) is 0 Å². The van der Waals surface area contributed by atoms with Crippen molar-refractivity contribution in [2.24, 2.45) is 0 Å². The first-order chi connectivity index (χ1) is 5.29. The Morgan fingerprint density at radius 3 is 2.64 bits per heavy atom. The highest BCUT2D eigenvalue weighted by Gasteiger charge is 2.04. The minimum Gasteiger partial charge on any atom is -0.337 e. The Morgan fingerprint density at radius 2 is 1.91 bits per heavy atom. The minimum absolute atomic E-state index is 0.796. The van der Waals surface area contributed by atoms with Gasteiger partial charge in [0.15, 0.2) is 5.58 Å². The van der Waals surface area contributed by atoms with E-state index in [0.717, 1.165) is 22.2 Å². The van der Waals surface area contributed by atoms with Gasteiger partial charge in [-0.1, -0.05) is 12.1 Å². The van der Waals surface area contributed by atoms with Crippen molar-refractivity contribution in [2.45, 2.75) is 13.8 Å². The van der Waals surface area contributed by atoms with E-state index < -0.39 is 0 Å². The van der Waals surface area contributed by atoms with E-state index in [0.29, 0.717) is 0 Å². The minimum atomic E-state index is 0.796. The van der Waals surface area contributed by atoms with Gasteiger partial charge >= 0.3 is 0 Å². The predicted molar refractivity (Wildman–Crippen MR) is 41.3 cm³/mol. The Balaban J connectivity index is 2.96. The number of aryl methyl sites for hydroxylation is 2. The fourth-order valence-corrected chi connectivity index (χ4v) is 1.11. The highest BCUT2D eigenvalue weighted by molar-refractivity contribution is 5.78. The van der Waals surface area contributed by atoms with Gasteiger partial charge in [0.1, 0.15) is 5.52 Å². The monoisotopic (exact) mass is 148 g/mol. The van der Waals surface area contributed by atoms with Crippen LogP contribution in [0, 0.1) is 13.8 Å². The van der Waals surface area contributed by atoms with E-state index in [9.17, 15) is 0 Å². The third-order valence-corrected chi connectivity index (χ3v) is 1.80.